The van der Waals surface area contributed by atoms with Crippen LogP contribution in [0.15, 0.2) is 6.07 Å². The van der Waals surface area contributed by atoms with Gasteiger partial charge >= 0.3 is 0 Å². The molecule has 0 fully saturated rings. The molecule has 20 heavy (non-hydrogen) atoms. The van der Waals surface area contributed by atoms with Gasteiger partial charge in [0.15, 0.2) is 5.82 Å². The molecular weight excluding hydrogens is 260 g/mol. The quantitative estimate of drug-likeness (QED) is 0.424. The van der Waals surface area contributed by atoms with E-state index in [1.54, 1.807) is 6.07 Å². The average molecular weight is 284 g/mol. The third-order valence-electron chi connectivity index (χ3n) is 2.20. The summed E-state index contributed by atoms with van der Waals surface area (Å²) in [5, 5.41) is 0. The molecule has 1 heterocycles. The molecule has 0 amide bonds. The zero-order valence-corrected chi connectivity index (χ0v) is 12.6. The number of anilines is 1. The van der Waals surface area contributed by atoms with Crippen molar-refractivity contribution in [3.05, 3.63) is 11.9 Å². The number of rotatable bonds is 8. The van der Waals surface area contributed by atoms with Crippen LogP contribution in [0.25, 0.3) is 0 Å². The Bertz CT molecular complexity index is 407. The highest BCUT2D eigenvalue weighted by Crippen LogP contribution is 2.14. The number of hydrogen-bond acceptors (Lipinski definition) is 7. The van der Waals surface area contributed by atoms with E-state index in [0.717, 1.165) is 0 Å². The topological polar surface area (TPSA) is 91.5 Å². The first kappa shape index (κ1) is 16.6. The van der Waals surface area contributed by atoms with Crippen LogP contribution in [0.1, 0.15) is 33.5 Å². The number of hydrogen-bond donors (Lipinski definition) is 2. The van der Waals surface area contributed by atoms with Crippen molar-refractivity contribution in [1.29, 1.82) is 0 Å². The Kier molecular flexibility index (Phi) is 6.63. The lowest BCUT2D eigenvalue weighted by molar-refractivity contribution is -0.0168. The summed E-state index contributed by atoms with van der Waals surface area (Å²) in [4.78, 5) is 8.42. The highest BCUT2D eigenvalue weighted by molar-refractivity contribution is 5.36. The number of nitrogen functional groups attached to an aromatic ring is 1. The minimum atomic E-state index is -0.181. The first-order valence-corrected chi connectivity index (χ1v) is 6.63. The monoisotopic (exact) mass is 284 g/mol. The van der Waals surface area contributed by atoms with E-state index in [1.165, 1.54) is 0 Å². The van der Waals surface area contributed by atoms with Gasteiger partial charge in [-0.05, 0) is 27.7 Å². The van der Waals surface area contributed by atoms with E-state index in [4.69, 9.17) is 20.1 Å². The molecule has 3 N–H and O–H groups in total. The fourth-order valence-electron chi connectivity index (χ4n) is 1.37. The molecule has 0 aliphatic rings. The Morgan fingerprint density at radius 1 is 1.25 bits per heavy atom. The molecular formula is C13H24N4O3. The third kappa shape index (κ3) is 6.65. The number of ether oxygens (including phenoxy) is 3. The second-order valence-electron chi connectivity index (χ2n) is 5.10. The van der Waals surface area contributed by atoms with Gasteiger partial charge in [0.25, 0.3) is 0 Å². The van der Waals surface area contributed by atoms with Gasteiger partial charge in [0.2, 0.25) is 5.88 Å². The van der Waals surface area contributed by atoms with Gasteiger partial charge < -0.3 is 19.6 Å². The Labute approximate surface area is 119 Å². The molecule has 0 unspecified atom stereocenters. The largest absolute Gasteiger partial charge is 0.475 e. The number of hydrazine groups is 1. The van der Waals surface area contributed by atoms with Crippen molar-refractivity contribution in [2.24, 2.45) is 5.84 Å². The molecule has 0 atom stereocenters. The number of aromatic nitrogens is 2. The molecule has 1 rings (SSSR count). The predicted octanol–water partition coefficient (Wildman–Crippen LogP) is 1.49. The summed E-state index contributed by atoms with van der Waals surface area (Å²) in [7, 11) is 0. The van der Waals surface area contributed by atoms with Crippen LogP contribution in [-0.4, -0.2) is 35.4 Å². The number of nitrogens with zero attached hydrogens (tertiary/aromatic N) is 2. The molecule has 1 aromatic heterocycles. The molecule has 7 heteroatoms. The molecule has 0 aromatic carbocycles. The second-order valence-corrected chi connectivity index (χ2v) is 5.10. The maximum Gasteiger partial charge on any atom is 0.218 e. The highest BCUT2D eigenvalue weighted by Gasteiger charge is 2.10. The van der Waals surface area contributed by atoms with Crippen molar-refractivity contribution in [3.63, 3.8) is 0 Å². The van der Waals surface area contributed by atoms with Crippen molar-refractivity contribution >= 4 is 5.82 Å². The molecule has 7 nitrogen and oxygen atoms in total. The molecule has 0 saturated heterocycles. The van der Waals surface area contributed by atoms with Crippen LogP contribution >= 0.6 is 0 Å². The van der Waals surface area contributed by atoms with Gasteiger partial charge in [-0.3, -0.25) is 0 Å². The first-order chi connectivity index (χ1) is 9.44. The van der Waals surface area contributed by atoms with E-state index in [2.05, 4.69) is 15.4 Å². The van der Waals surface area contributed by atoms with Crippen molar-refractivity contribution in [3.8, 4) is 5.88 Å². The first-order valence-electron chi connectivity index (χ1n) is 6.63. The van der Waals surface area contributed by atoms with Crippen LogP contribution in [0, 0.1) is 0 Å². The summed E-state index contributed by atoms with van der Waals surface area (Å²) in [5.74, 6) is 6.82. The third-order valence-corrected chi connectivity index (χ3v) is 2.20. The molecule has 0 aliphatic carbocycles. The van der Waals surface area contributed by atoms with E-state index >= 15 is 0 Å². The summed E-state index contributed by atoms with van der Waals surface area (Å²) in [6, 6.07) is 1.63. The van der Waals surface area contributed by atoms with Crippen molar-refractivity contribution in [1.82, 2.24) is 9.97 Å². The van der Waals surface area contributed by atoms with Gasteiger partial charge in [0.05, 0.1) is 12.2 Å². The number of nitrogens with one attached hydrogen (secondary N) is 1. The lowest BCUT2D eigenvalue weighted by atomic mass is 10.2. The van der Waals surface area contributed by atoms with E-state index in [1.807, 2.05) is 27.7 Å². The van der Waals surface area contributed by atoms with E-state index in [9.17, 15) is 0 Å². The maximum atomic E-state index is 5.57. The molecule has 1 aromatic rings. The summed E-state index contributed by atoms with van der Waals surface area (Å²) in [6.45, 7) is 9.70. The van der Waals surface area contributed by atoms with E-state index in [0.29, 0.717) is 43.9 Å². The smallest absolute Gasteiger partial charge is 0.218 e. The summed E-state index contributed by atoms with van der Waals surface area (Å²) in [6.07, 6.45) is 0. The Morgan fingerprint density at radius 3 is 2.60 bits per heavy atom. The maximum absolute atomic E-state index is 5.57. The van der Waals surface area contributed by atoms with Gasteiger partial charge in [-0.25, -0.2) is 10.8 Å². The van der Waals surface area contributed by atoms with Crippen LogP contribution in [0.2, 0.25) is 0 Å². The normalized spacial score (nSPS) is 11.4. The van der Waals surface area contributed by atoms with Crippen molar-refractivity contribution < 1.29 is 14.2 Å². The van der Waals surface area contributed by atoms with Gasteiger partial charge in [-0.15, -0.1) is 0 Å². The Morgan fingerprint density at radius 2 is 2.00 bits per heavy atom. The minimum Gasteiger partial charge on any atom is -0.475 e. The summed E-state index contributed by atoms with van der Waals surface area (Å²) in [5.41, 5.74) is 2.30. The van der Waals surface area contributed by atoms with Gasteiger partial charge in [0, 0.05) is 12.7 Å². The molecule has 114 valence electrons. The number of nitrogens with two attached hydrogens (primary N) is 1. The zero-order valence-electron chi connectivity index (χ0n) is 12.6. The molecule has 0 spiro atoms. The SMILES string of the molecule is CCOCc1nc(NN)cc(OCCOC(C)(C)C)n1. The van der Waals surface area contributed by atoms with E-state index < -0.39 is 0 Å². The van der Waals surface area contributed by atoms with Crippen molar-refractivity contribution in [2.75, 3.05) is 25.2 Å². The molecule has 0 bridgehead atoms. The van der Waals surface area contributed by atoms with Crippen LogP contribution in [0.5, 0.6) is 5.88 Å². The fourth-order valence-corrected chi connectivity index (χ4v) is 1.37. The molecule has 0 aliphatic heterocycles. The summed E-state index contributed by atoms with van der Waals surface area (Å²) >= 11 is 0. The predicted molar refractivity (Wildman–Crippen MR) is 76.4 cm³/mol. The van der Waals surface area contributed by atoms with Gasteiger partial charge in [-0.1, -0.05) is 0 Å². The Hall–Kier alpha value is -1.44. The summed E-state index contributed by atoms with van der Waals surface area (Å²) < 4.78 is 16.4. The van der Waals surface area contributed by atoms with Gasteiger partial charge in [0.1, 0.15) is 19.0 Å². The van der Waals surface area contributed by atoms with E-state index in [-0.39, 0.29) is 5.60 Å². The standard InChI is InChI=1S/C13H24N4O3/c1-5-18-9-11-15-10(17-14)8-12(16-11)19-6-7-20-13(2,3)4/h8H,5-7,9,14H2,1-4H3,(H,15,16,17). The van der Waals surface area contributed by atoms with Crippen LogP contribution in [0.4, 0.5) is 5.82 Å². The lowest BCUT2D eigenvalue weighted by Gasteiger charge is -2.19. The Balaban J connectivity index is 2.55. The average Bonchev–Trinajstić information content (AvgIpc) is 2.40. The molecule has 0 saturated carbocycles. The van der Waals surface area contributed by atoms with Crippen molar-refractivity contribution in [2.45, 2.75) is 39.9 Å². The van der Waals surface area contributed by atoms with Gasteiger partial charge in [-0.2, -0.15) is 4.98 Å². The fraction of sp³-hybridized carbons (Fsp3) is 0.692. The second kappa shape index (κ2) is 7.98. The zero-order chi connectivity index (χ0) is 15.0. The van der Waals surface area contributed by atoms with Crippen LogP contribution < -0.4 is 16.0 Å². The highest BCUT2D eigenvalue weighted by atomic mass is 16.5. The molecule has 0 radical (unpaired) electrons. The minimum absolute atomic E-state index is 0.181. The van der Waals surface area contributed by atoms with Crippen LogP contribution in [-0.2, 0) is 16.1 Å². The lowest BCUT2D eigenvalue weighted by Crippen LogP contribution is -2.22. The van der Waals surface area contributed by atoms with Crippen LogP contribution in [0.3, 0.4) is 0 Å².